The standard InChI is InChI=1S/C21H32O14/c1-8-13(25)16(14(26)19(27-6)29-8)33-21(5)34-18-17(31-11(4)24)15(30-10(3)23)12(7-28-9(2)22)32-20(18)35-21/h8,12-20,25-26H,7H2,1-6H3/t8-,12+,13+,14-,15+,16+,17-,18-,19+,20-,21?/m0/s1. The number of hydrogen-bond acceptors (Lipinski definition) is 14. The Morgan fingerprint density at radius 3 is 2.09 bits per heavy atom. The van der Waals surface area contributed by atoms with Crippen molar-refractivity contribution in [3.8, 4) is 0 Å². The molecule has 3 aliphatic heterocycles. The van der Waals surface area contributed by atoms with E-state index in [4.69, 9.17) is 42.6 Å². The first-order valence-corrected chi connectivity index (χ1v) is 11.1. The smallest absolute Gasteiger partial charge is 0.303 e. The molecule has 0 aromatic heterocycles. The lowest BCUT2D eigenvalue weighted by molar-refractivity contribution is -0.397. The average molecular weight is 508 g/mol. The molecule has 11 atom stereocenters. The summed E-state index contributed by atoms with van der Waals surface area (Å²) in [4.78, 5) is 35.0. The van der Waals surface area contributed by atoms with Crippen molar-refractivity contribution in [3.05, 3.63) is 0 Å². The summed E-state index contributed by atoms with van der Waals surface area (Å²) in [6.45, 7) is 6.10. The van der Waals surface area contributed by atoms with Crippen LogP contribution >= 0.6 is 0 Å². The molecule has 0 aromatic rings. The highest BCUT2D eigenvalue weighted by molar-refractivity contribution is 5.67. The van der Waals surface area contributed by atoms with Gasteiger partial charge in [-0.2, -0.15) is 0 Å². The van der Waals surface area contributed by atoms with Crippen molar-refractivity contribution in [1.82, 2.24) is 0 Å². The molecule has 3 saturated heterocycles. The zero-order valence-corrected chi connectivity index (χ0v) is 20.3. The summed E-state index contributed by atoms with van der Waals surface area (Å²) < 4.78 is 49.6. The van der Waals surface area contributed by atoms with Gasteiger partial charge in [-0.15, -0.1) is 0 Å². The number of carbonyl (C=O) groups excluding carboxylic acids is 3. The van der Waals surface area contributed by atoms with Gasteiger partial charge >= 0.3 is 17.9 Å². The van der Waals surface area contributed by atoms with Crippen molar-refractivity contribution in [1.29, 1.82) is 0 Å². The van der Waals surface area contributed by atoms with E-state index in [1.165, 1.54) is 21.0 Å². The maximum absolute atomic E-state index is 11.9. The summed E-state index contributed by atoms with van der Waals surface area (Å²) >= 11 is 0. The maximum Gasteiger partial charge on any atom is 0.303 e. The molecule has 0 saturated carbocycles. The van der Waals surface area contributed by atoms with Crippen LogP contribution < -0.4 is 0 Å². The predicted molar refractivity (Wildman–Crippen MR) is 109 cm³/mol. The molecule has 14 heteroatoms. The normalized spacial score (nSPS) is 43.2. The average Bonchev–Trinajstić information content (AvgIpc) is 3.09. The molecular weight excluding hydrogens is 476 g/mol. The summed E-state index contributed by atoms with van der Waals surface area (Å²) in [7, 11) is 1.32. The Hall–Kier alpha value is -1.91. The highest BCUT2D eigenvalue weighted by atomic mass is 16.9. The molecule has 0 amide bonds. The third-order valence-electron chi connectivity index (χ3n) is 5.69. The van der Waals surface area contributed by atoms with E-state index in [0.29, 0.717) is 0 Å². The molecule has 1 unspecified atom stereocenters. The van der Waals surface area contributed by atoms with Gasteiger partial charge in [0.1, 0.15) is 31.0 Å². The van der Waals surface area contributed by atoms with E-state index in [1.807, 2.05) is 0 Å². The zero-order valence-electron chi connectivity index (χ0n) is 20.3. The van der Waals surface area contributed by atoms with Crippen molar-refractivity contribution >= 4 is 17.9 Å². The number of aliphatic hydroxyl groups excluding tert-OH is 2. The molecule has 200 valence electrons. The second-order valence-corrected chi connectivity index (χ2v) is 8.57. The summed E-state index contributed by atoms with van der Waals surface area (Å²) in [5, 5.41) is 21.1. The Morgan fingerprint density at radius 2 is 1.51 bits per heavy atom. The van der Waals surface area contributed by atoms with Gasteiger partial charge in [0.25, 0.3) is 5.97 Å². The molecule has 3 fully saturated rings. The van der Waals surface area contributed by atoms with E-state index in [1.54, 1.807) is 6.92 Å². The molecule has 35 heavy (non-hydrogen) atoms. The SMILES string of the molecule is CO[C@@H]1O[C@@H](C)[C@@H](O)[C@@H](OC2(C)O[C@@H]3O[C@H](COC(C)=O)[C@@H](OC(C)=O)[C@H](OC(C)=O)[C@@H]3O2)[C@@H]1O. The van der Waals surface area contributed by atoms with Gasteiger partial charge in [0, 0.05) is 34.8 Å². The summed E-state index contributed by atoms with van der Waals surface area (Å²) in [6, 6.07) is 0. The van der Waals surface area contributed by atoms with Crippen LogP contribution in [0, 0.1) is 0 Å². The number of rotatable bonds is 7. The van der Waals surface area contributed by atoms with Gasteiger partial charge < -0.3 is 48.1 Å². The molecule has 3 heterocycles. The first-order valence-electron chi connectivity index (χ1n) is 11.1. The molecule has 14 nitrogen and oxygen atoms in total. The van der Waals surface area contributed by atoms with E-state index in [9.17, 15) is 24.6 Å². The lowest BCUT2D eigenvalue weighted by Gasteiger charge is -2.42. The van der Waals surface area contributed by atoms with E-state index in [0.717, 1.165) is 13.8 Å². The number of carbonyl (C=O) groups is 3. The third-order valence-corrected chi connectivity index (χ3v) is 5.69. The number of hydrogen-bond donors (Lipinski definition) is 2. The molecule has 0 spiro atoms. The van der Waals surface area contributed by atoms with Crippen LogP contribution in [0.1, 0.15) is 34.6 Å². The van der Waals surface area contributed by atoms with Crippen molar-refractivity contribution < 1.29 is 67.2 Å². The number of fused-ring (bicyclic) bond motifs is 1. The lowest BCUT2D eigenvalue weighted by Crippen LogP contribution is -2.60. The molecule has 0 bridgehead atoms. The van der Waals surface area contributed by atoms with Crippen LogP contribution in [0.2, 0.25) is 0 Å². The van der Waals surface area contributed by atoms with Crippen LogP contribution in [0.15, 0.2) is 0 Å². The van der Waals surface area contributed by atoms with Gasteiger partial charge in [0.15, 0.2) is 30.9 Å². The van der Waals surface area contributed by atoms with Crippen molar-refractivity contribution in [2.75, 3.05) is 13.7 Å². The number of ether oxygens (including phenoxy) is 9. The fraction of sp³-hybridized carbons (Fsp3) is 0.857. The van der Waals surface area contributed by atoms with Crippen LogP contribution in [0.5, 0.6) is 0 Å². The minimum atomic E-state index is -1.91. The summed E-state index contributed by atoms with van der Waals surface area (Å²) in [5.74, 6) is -3.92. The Balaban J connectivity index is 1.85. The van der Waals surface area contributed by atoms with Crippen LogP contribution in [-0.2, 0) is 57.0 Å². The highest BCUT2D eigenvalue weighted by Crippen LogP contribution is 2.41. The van der Waals surface area contributed by atoms with E-state index in [2.05, 4.69) is 0 Å². The second-order valence-electron chi connectivity index (χ2n) is 8.57. The van der Waals surface area contributed by atoms with Gasteiger partial charge in [-0.3, -0.25) is 19.1 Å². The largest absolute Gasteiger partial charge is 0.463 e. The van der Waals surface area contributed by atoms with Gasteiger partial charge in [0.2, 0.25) is 0 Å². The first kappa shape index (κ1) is 27.7. The van der Waals surface area contributed by atoms with Crippen LogP contribution in [0.4, 0.5) is 0 Å². The highest BCUT2D eigenvalue weighted by Gasteiger charge is 2.61. The van der Waals surface area contributed by atoms with Gasteiger partial charge in [-0.1, -0.05) is 0 Å². The monoisotopic (exact) mass is 508 g/mol. The molecule has 0 radical (unpaired) electrons. The Bertz CT molecular complexity index is 790. The van der Waals surface area contributed by atoms with Gasteiger partial charge in [-0.05, 0) is 6.92 Å². The molecule has 3 aliphatic rings. The van der Waals surface area contributed by atoms with E-state index in [-0.39, 0.29) is 6.61 Å². The topological polar surface area (TPSA) is 175 Å². The van der Waals surface area contributed by atoms with Gasteiger partial charge in [0.05, 0.1) is 6.10 Å². The third kappa shape index (κ3) is 6.27. The molecule has 0 aliphatic carbocycles. The van der Waals surface area contributed by atoms with Crippen LogP contribution in [0.3, 0.4) is 0 Å². The van der Waals surface area contributed by atoms with Gasteiger partial charge in [-0.25, -0.2) is 0 Å². The molecule has 3 rings (SSSR count). The lowest BCUT2D eigenvalue weighted by atomic mass is 9.98. The minimum absolute atomic E-state index is 0.334. The Morgan fingerprint density at radius 1 is 0.886 bits per heavy atom. The molecule has 2 N–H and O–H groups in total. The Labute approximate surface area is 201 Å². The second kappa shape index (κ2) is 11.0. The summed E-state index contributed by atoms with van der Waals surface area (Å²) in [5.41, 5.74) is 0. The fourth-order valence-electron chi connectivity index (χ4n) is 4.21. The van der Waals surface area contributed by atoms with E-state index < -0.39 is 85.3 Å². The number of aliphatic hydroxyl groups is 2. The zero-order chi connectivity index (χ0) is 26.1. The van der Waals surface area contributed by atoms with Crippen molar-refractivity contribution in [2.45, 2.75) is 102 Å². The quantitative estimate of drug-likeness (QED) is 0.307. The molecule has 0 aromatic carbocycles. The Kier molecular flexibility index (Phi) is 8.70. The molecular formula is C21H32O14. The summed E-state index contributed by atoms with van der Waals surface area (Å²) in [6.07, 6.45) is -11.7. The maximum atomic E-state index is 11.9. The fourth-order valence-corrected chi connectivity index (χ4v) is 4.21. The number of esters is 3. The number of methoxy groups -OCH3 is 1. The van der Waals surface area contributed by atoms with Crippen LogP contribution in [0.25, 0.3) is 0 Å². The van der Waals surface area contributed by atoms with E-state index >= 15 is 0 Å². The first-order chi connectivity index (χ1) is 16.3. The van der Waals surface area contributed by atoms with Crippen molar-refractivity contribution in [2.24, 2.45) is 0 Å². The predicted octanol–water partition coefficient (Wildman–Crippen LogP) is -1.27. The van der Waals surface area contributed by atoms with Crippen LogP contribution in [-0.4, -0.2) is 109 Å². The van der Waals surface area contributed by atoms with Crippen molar-refractivity contribution in [3.63, 3.8) is 0 Å². The minimum Gasteiger partial charge on any atom is -0.463 e.